The van der Waals surface area contributed by atoms with Gasteiger partial charge in [-0.1, -0.05) is 6.92 Å². The van der Waals surface area contributed by atoms with Gasteiger partial charge in [-0.2, -0.15) is 0 Å². The predicted molar refractivity (Wildman–Crippen MR) is 81.9 cm³/mol. The average molecular weight is 284 g/mol. The number of methoxy groups -OCH3 is 1. The minimum absolute atomic E-state index is 0.0201. The number of nitrogens with one attached hydrogen (secondary N) is 1. The highest BCUT2D eigenvalue weighted by Gasteiger charge is 2.46. The van der Waals surface area contributed by atoms with E-state index in [9.17, 15) is 5.11 Å². The predicted octanol–water partition coefficient (Wildman–Crippen LogP) is 1.63. The summed E-state index contributed by atoms with van der Waals surface area (Å²) in [4.78, 5) is 2.49. The zero-order valence-electron chi connectivity index (χ0n) is 13.5. The van der Waals surface area contributed by atoms with Gasteiger partial charge in [-0.25, -0.2) is 0 Å². The average Bonchev–Trinajstić information content (AvgIpc) is 3.29. The Morgan fingerprint density at radius 2 is 2.20 bits per heavy atom. The smallest absolute Gasteiger partial charge is 0.0777 e. The van der Waals surface area contributed by atoms with Crippen molar-refractivity contribution >= 4 is 0 Å². The van der Waals surface area contributed by atoms with Crippen LogP contribution >= 0.6 is 0 Å². The zero-order chi connectivity index (χ0) is 14.6. The SMILES string of the molecule is CCCNC(CO)(CN1CCCC(C)(OC)C1)C1CC1. The van der Waals surface area contributed by atoms with E-state index in [2.05, 4.69) is 24.1 Å². The molecule has 2 atom stereocenters. The first kappa shape index (κ1) is 16.2. The van der Waals surface area contributed by atoms with Crippen LogP contribution in [-0.2, 0) is 4.74 Å². The molecular formula is C16H32N2O2. The highest BCUT2D eigenvalue weighted by molar-refractivity contribution is 5.03. The number of hydrogen-bond donors (Lipinski definition) is 2. The molecule has 1 saturated carbocycles. The van der Waals surface area contributed by atoms with Gasteiger partial charge in [-0.15, -0.1) is 0 Å². The van der Waals surface area contributed by atoms with Crippen LogP contribution in [0.25, 0.3) is 0 Å². The van der Waals surface area contributed by atoms with Gasteiger partial charge < -0.3 is 15.2 Å². The van der Waals surface area contributed by atoms with Gasteiger partial charge in [-0.05, 0) is 58.0 Å². The first-order chi connectivity index (χ1) is 9.57. The molecule has 1 aliphatic carbocycles. The topological polar surface area (TPSA) is 44.7 Å². The molecule has 0 radical (unpaired) electrons. The quantitative estimate of drug-likeness (QED) is 0.711. The molecule has 2 rings (SSSR count). The molecule has 0 aromatic carbocycles. The fourth-order valence-electron chi connectivity index (χ4n) is 3.58. The Balaban J connectivity index is 1.99. The number of hydrogen-bond acceptors (Lipinski definition) is 4. The van der Waals surface area contributed by atoms with E-state index in [-0.39, 0.29) is 17.7 Å². The maximum absolute atomic E-state index is 10.0. The molecule has 0 aromatic heterocycles. The molecule has 2 aliphatic rings. The molecule has 4 nitrogen and oxygen atoms in total. The number of piperidine rings is 1. The first-order valence-corrected chi connectivity index (χ1v) is 8.21. The second-order valence-corrected chi connectivity index (χ2v) is 6.98. The van der Waals surface area contributed by atoms with Crippen molar-refractivity contribution in [1.82, 2.24) is 10.2 Å². The second-order valence-electron chi connectivity index (χ2n) is 6.98. The van der Waals surface area contributed by atoms with E-state index in [0.29, 0.717) is 5.92 Å². The second kappa shape index (κ2) is 6.73. The molecule has 4 heteroatoms. The lowest BCUT2D eigenvalue weighted by Crippen LogP contribution is -2.61. The third-order valence-corrected chi connectivity index (χ3v) is 5.10. The van der Waals surface area contributed by atoms with E-state index >= 15 is 0 Å². The molecule has 1 saturated heterocycles. The van der Waals surface area contributed by atoms with Gasteiger partial charge in [0.1, 0.15) is 0 Å². The third kappa shape index (κ3) is 3.73. The van der Waals surface area contributed by atoms with Gasteiger partial charge in [0, 0.05) is 20.2 Å². The lowest BCUT2D eigenvalue weighted by atomic mass is 9.89. The largest absolute Gasteiger partial charge is 0.394 e. The van der Waals surface area contributed by atoms with Crippen LogP contribution in [0.4, 0.5) is 0 Å². The molecule has 20 heavy (non-hydrogen) atoms. The molecule has 2 unspecified atom stereocenters. The Hall–Kier alpha value is -0.160. The van der Waals surface area contributed by atoms with Gasteiger partial charge >= 0.3 is 0 Å². The Labute approximate surface area is 123 Å². The van der Waals surface area contributed by atoms with E-state index < -0.39 is 0 Å². The molecule has 0 bridgehead atoms. The van der Waals surface area contributed by atoms with Crippen LogP contribution in [0.5, 0.6) is 0 Å². The van der Waals surface area contributed by atoms with Gasteiger partial charge in [0.15, 0.2) is 0 Å². The Morgan fingerprint density at radius 3 is 2.75 bits per heavy atom. The summed E-state index contributed by atoms with van der Waals surface area (Å²) in [5.74, 6) is 0.648. The molecule has 1 heterocycles. The zero-order valence-corrected chi connectivity index (χ0v) is 13.5. The minimum Gasteiger partial charge on any atom is -0.394 e. The molecule has 0 spiro atoms. The minimum atomic E-state index is -0.0952. The van der Waals surface area contributed by atoms with Crippen molar-refractivity contribution in [3.8, 4) is 0 Å². The molecular weight excluding hydrogens is 252 g/mol. The first-order valence-electron chi connectivity index (χ1n) is 8.21. The molecule has 1 aliphatic heterocycles. The highest BCUT2D eigenvalue weighted by atomic mass is 16.5. The fourth-order valence-corrected chi connectivity index (χ4v) is 3.58. The number of rotatable bonds is 8. The summed E-state index contributed by atoms with van der Waals surface area (Å²) in [6, 6.07) is 0. The third-order valence-electron chi connectivity index (χ3n) is 5.10. The summed E-state index contributed by atoms with van der Waals surface area (Å²) < 4.78 is 5.69. The van der Waals surface area contributed by atoms with Crippen LogP contribution in [0.1, 0.15) is 46.0 Å². The standard InChI is InChI=1S/C16H32N2O2/c1-4-9-17-16(13-19,14-6-7-14)12-18-10-5-8-15(2,11-18)20-3/h14,17,19H,4-13H2,1-3H3. The van der Waals surface area contributed by atoms with Gasteiger partial charge in [0.05, 0.1) is 17.7 Å². The summed E-state index contributed by atoms with van der Waals surface area (Å²) in [6.45, 7) is 8.69. The van der Waals surface area contributed by atoms with Gasteiger partial charge in [-0.3, -0.25) is 4.90 Å². The summed E-state index contributed by atoms with van der Waals surface area (Å²) in [5, 5.41) is 13.7. The van der Waals surface area contributed by atoms with Crippen LogP contribution in [0.3, 0.4) is 0 Å². The number of aliphatic hydroxyl groups is 1. The molecule has 2 N–H and O–H groups in total. The number of nitrogens with zero attached hydrogens (tertiary/aromatic N) is 1. The normalized spacial score (nSPS) is 31.2. The van der Waals surface area contributed by atoms with E-state index in [1.165, 1.54) is 19.3 Å². The fraction of sp³-hybridized carbons (Fsp3) is 1.00. The van der Waals surface area contributed by atoms with Gasteiger partial charge in [0.2, 0.25) is 0 Å². The van der Waals surface area contributed by atoms with Crippen molar-refractivity contribution in [2.45, 2.75) is 57.1 Å². The molecule has 0 amide bonds. The lowest BCUT2D eigenvalue weighted by molar-refractivity contribution is -0.0601. The summed E-state index contributed by atoms with van der Waals surface area (Å²) in [5.41, 5.74) is -0.115. The van der Waals surface area contributed by atoms with Crippen molar-refractivity contribution < 1.29 is 9.84 Å². The van der Waals surface area contributed by atoms with Crippen LogP contribution < -0.4 is 5.32 Å². The summed E-state index contributed by atoms with van der Waals surface area (Å²) in [6.07, 6.45) is 5.95. The molecule has 2 fully saturated rings. The molecule has 118 valence electrons. The van der Waals surface area contributed by atoms with Crippen molar-refractivity contribution in [3.05, 3.63) is 0 Å². The Morgan fingerprint density at radius 1 is 1.45 bits per heavy atom. The number of aliphatic hydroxyl groups excluding tert-OH is 1. The van der Waals surface area contributed by atoms with Crippen molar-refractivity contribution in [3.63, 3.8) is 0 Å². The highest BCUT2D eigenvalue weighted by Crippen LogP contribution is 2.40. The van der Waals surface area contributed by atoms with Crippen LogP contribution in [0.15, 0.2) is 0 Å². The van der Waals surface area contributed by atoms with E-state index in [1.54, 1.807) is 0 Å². The van der Waals surface area contributed by atoms with Crippen molar-refractivity contribution in [2.24, 2.45) is 5.92 Å². The maximum atomic E-state index is 10.0. The van der Waals surface area contributed by atoms with Crippen LogP contribution in [-0.4, -0.2) is 61.0 Å². The van der Waals surface area contributed by atoms with E-state index in [1.807, 2.05) is 7.11 Å². The number of ether oxygens (including phenoxy) is 1. The van der Waals surface area contributed by atoms with Crippen LogP contribution in [0, 0.1) is 5.92 Å². The van der Waals surface area contributed by atoms with Crippen molar-refractivity contribution in [2.75, 3.05) is 39.9 Å². The monoisotopic (exact) mass is 284 g/mol. The molecule has 0 aromatic rings. The Kier molecular flexibility index (Phi) is 5.46. The van der Waals surface area contributed by atoms with Gasteiger partial charge in [0.25, 0.3) is 0 Å². The maximum Gasteiger partial charge on any atom is 0.0777 e. The Bertz CT molecular complexity index is 309. The van der Waals surface area contributed by atoms with Crippen molar-refractivity contribution in [1.29, 1.82) is 0 Å². The summed E-state index contributed by atoms with van der Waals surface area (Å²) in [7, 11) is 1.82. The number of likely N-dealkylation sites (tertiary alicyclic amines) is 1. The van der Waals surface area contributed by atoms with E-state index in [0.717, 1.165) is 39.0 Å². The summed E-state index contributed by atoms with van der Waals surface area (Å²) >= 11 is 0. The van der Waals surface area contributed by atoms with E-state index in [4.69, 9.17) is 4.74 Å². The van der Waals surface area contributed by atoms with Crippen LogP contribution in [0.2, 0.25) is 0 Å². The lowest BCUT2D eigenvalue weighted by Gasteiger charge is -2.44.